The Morgan fingerprint density at radius 1 is 1.10 bits per heavy atom. The van der Waals surface area contributed by atoms with Gasteiger partial charge in [-0.05, 0) is 61.7 Å². The molecule has 9 nitrogen and oxygen atoms in total. The number of carbonyl (C=O) groups excluding carboxylic acids is 1. The van der Waals surface area contributed by atoms with Gasteiger partial charge in [-0.15, -0.1) is 11.3 Å². The standard InChI is InChI=1S/C29H36N6O3S2/c1-3-5-6-7-15-33-16-17-35(40(37,38)27-11-9-18-39-27)26(21-33)29(36)31-23-12-13-25-24(19-23)32-28(34(25)4-2)22-10-8-14-30-20-22/h8-14,18-20,26H,3-7,15-17,21H2,1-2H3,(H,31,36). The molecular weight excluding hydrogens is 544 g/mol. The molecule has 0 aliphatic carbocycles. The molecule has 212 valence electrons. The monoisotopic (exact) mass is 580 g/mol. The molecule has 1 atom stereocenters. The summed E-state index contributed by atoms with van der Waals surface area (Å²) in [5.74, 6) is 0.480. The van der Waals surface area contributed by atoms with Crippen LogP contribution in [0.2, 0.25) is 0 Å². The number of piperazine rings is 1. The van der Waals surface area contributed by atoms with Crippen molar-refractivity contribution in [3.05, 3.63) is 60.2 Å². The fourth-order valence-electron chi connectivity index (χ4n) is 5.28. The maximum absolute atomic E-state index is 13.7. The van der Waals surface area contributed by atoms with Crippen LogP contribution in [0.4, 0.5) is 5.69 Å². The highest BCUT2D eigenvalue weighted by atomic mass is 32.2. The van der Waals surface area contributed by atoms with Gasteiger partial charge in [0.05, 0.1) is 11.0 Å². The topological polar surface area (TPSA) is 100 Å². The van der Waals surface area contributed by atoms with Gasteiger partial charge in [-0.2, -0.15) is 4.31 Å². The Balaban J connectivity index is 1.40. The van der Waals surface area contributed by atoms with Crippen LogP contribution in [0.3, 0.4) is 0 Å². The number of thiophene rings is 1. The van der Waals surface area contributed by atoms with Gasteiger partial charge in [-0.25, -0.2) is 13.4 Å². The number of pyridine rings is 1. The highest BCUT2D eigenvalue weighted by molar-refractivity contribution is 7.91. The molecule has 5 rings (SSSR count). The lowest BCUT2D eigenvalue weighted by atomic mass is 10.1. The number of sulfonamides is 1. The Hall–Kier alpha value is -3.12. The van der Waals surface area contributed by atoms with Crippen LogP contribution in [0.25, 0.3) is 22.4 Å². The van der Waals surface area contributed by atoms with E-state index >= 15 is 0 Å². The van der Waals surface area contributed by atoms with Gasteiger partial charge in [0.1, 0.15) is 16.1 Å². The molecule has 0 radical (unpaired) electrons. The van der Waals surface area contributed by atoms with Gasteiger partial charge in [0.2, 0.25) is 5.91 Å². The van der Waals surface area contributed by atoms with Crippen LogP contribution in [0.1, 0.15) is 39.5 Å². The summed E-state index contributed by atoms with van der Waals surface area (Å²) in [6.07, 6.45) is 8.02. The summed E-state index contributed by atoms with van der Waals surface area (Å²) < 4.78 is 30.8. The predicted octanol–water partition coefficient (Wildman–Crippen LogP) is 5.07. The second-order valence-corrected chi connectivity index (χ2v) is 13.1. The fraction of sp³-hybridized carbons (Fsp3) is 0.414. The number of rotatable bonds is 11. The number of unbranched alkanes of at least 4 members (excludes halogenated alkanes) is 3. The van der Waals surface area contributed by atoms with E-state index in [1.807, 2.05) is 30.3 Å². The lowest BCUT2D eigenvalue weighted by Crippen LogP contribution is -2.59. The van der Waals surface area contributed by atoms with Gasteiger partial charge >= 0.3 is 0 Å². The first-order valence-electron chi connectivity index (χ1n) is 13.9. The van der Waals surface area contributed by atoms with Gasteiger partial charge < -0.3 is 9.88 Å². The molecule has 1 N–H and O–H groups in total. The molecule has 1 aromatic carbocycles. The van der Waals surface area contributed by atoms with Crippen LogP contribution in [0.15, 0.2) is 64.4 Å². The first-order chi connectivity index (χ1) is 19.4. The van der Waals surface area contributed by atoms with E-state index in [4.69, 9.17) is 4.98 Å². The Kier molecular flexibility index (Phi) is 8.94. The number of amides is 1. The third-order valence-corrected chi connectivity index (χ3v) is 10.6. The third kappa shape index (κ3) is 5.97. The molecule has 1 aliphatic heterocycles. The molecule has 1 aliphatic rings. The number of carbonyl (C=O) groups is 1. The normalized spacial score (nSPS) is 16.9. The van der Waals surface area contributed by atoms with E-state index < -0.39 is 16.1 Å². The fourth-order valence-corrected chi connectivity index (χ4v) is 7.97. The Bertz CT molecular complexity index is 1540. The van der Waals surface area contributed by atoms with Crippen LogP contribution in [-0.2, 0) is 21.4 Å². The van der Waals surface area contributed by atoms with E-state index in [2.05, 4.69) is 33.6 Å². The molecule has 11 heteroatoms. The van der Waals surface area contributed by atoms with E-state index in [9.17, 15) is 13.2 Å². The highest BCUT2D eigenvalue weighted by Gasteiger charge is 2.40. The molecular formula is C29H36N6O3S2. The van der Waals surface area contributed by atoms with Gasteiger partial charge in [0.15, 0.2) is 0 Å². The maximum atomic E-state index is 13.7. The van der Waals surface area contributed by atoms with Crippen molar-refractivity contribution in [2.24, 2.45) is 0 Å². The van der Waals surface area contributed by atoms with Crippen molar-refractivity contribution < 1.29 is 13.2 Å². The zero-order chi connectivity index (χ0) is 28.1. The van der Waals surface area contributed by atoms with Crippen LogP contribution >= 0.6 is 11.3 Å². The largest absolute Gasteiger partial charge is 0.325 e. The minimum atomic E-state index is -3.79. The van der Waals surface area contributed by atoms with Gasteiger partial charge in [-0.1, -0.05) is 32.3 Å². The molecule has 0 saturated carbocycles. The highest BCUT2D eigenvalue weighted by Crippen LogP contribution is 2.28. The smallest absolute Gasteiger partial charge is 0.253 e. The SMILES string of the molecule is CCCCCCN1CCN(S(=O)(=O)c2cccs2)C(C(=O)Nc2ccc3c(c2)nc(-c2cccnc2)n3CC)C1. The lowest BCUT2D eigenvalue weighted by molar-refractivity contribution is -0.121. The number of imidazole rings is 1. The quantitative estimate of drug-likeness (QED) is 0.249. The number of aryl methyl sites for hydroxylation is 1. The number of aromatic nitrogens is 3. The van der Waals surface area contributed by atoms with Crippen LogP contribution in [0.5, 0.6) is 0 Å². The van der Waals surface area contributed by atoms with Crippen molar-refractivity contribution in [3.8, 4) is 11.4 Å². The average Bonchev–Trinajstić information content (AvgIpc) is 3.64. The van der Waals surface area contributed by atoms with Crippen molar-refractivity contribution in [2.75, 3.05) is 31.5 Å². The summed E-state index contributed by atoms with van der Waals surface area (Å²) in [7, 11) is -3.79. The van der Waals surface area contributed by atoms with E-state index in [0.717, 1.165) is 54.8 Å². The number of hydrogen-bond acceptors (Lipinski definition) is 7. The zero-order valence-corrected chi connectivity index (χ0v) is 24.6. The molecule has 3 aromatic heterocycles. The van der Waals surface area contributed by atoms with E-state index in [1.165, 1.54) is 22.1 Å². The molecule has 1 amide bonds. The van der Waals surface area contributed by atoms with Crippen molar-refractivity contribution in [1.29, 1.82) is 0 Å². The van der Waals surface area contributed by atoms with Gasteiger partial charge in [-0.3, -0.25) is 14.7 Å². The van der Waals surface area contributed by atoms with Crippen LogP contribution in [-0.4, -0.2) is 70.3 Å². The van der Waals surface area contributed by atoms with Crippen molar-refractivity contribution >= 4 is 44.0 Å². The van der Waals surface area contributed by atoms with Crippen LogP contribution in [0, 0.1) is 0 Å². The Labute approximate surface area is 239 Å². The van der Waals surface area contributed by atoms with Crippen molar-refractivity contribution in [3.63, 3.8) is 0 Å². The molecule has 1 unspecified atom stereocenters. The minimum Gasteiger partial charge on any atom is -0.325 e. The summed E-state index contributed by atoms with van der Waals surface area (Å²) in [6, 6.07) is 12.0. The number of nitrogens with one attached hydrogen (secondary N) is 1. The maximum Gasteiger partial charge on any atom is 0.253 e. The van der Waals surface area contributed by atoms with E-state index in [-0.39, 0.29) is 16.7 Å². The van der Waals surface area contributed by atoms with Crippen molar-refractivity contribution in [1.82, 2.24) is 23.7 Å². The molecule has 1 saturated heterocycles. The first-order valence-corrected chi connectivity index (χ1v) is 16.2. The number of fused-ring (bicyclic) bond motifs is 1. The van der Waals surface area contributed by atoms with E-state index in [1.54, 1.807) is 29.9 Å². The summed E-state index contributed by atoms with van der Waals surface area (Å²) in [5, 5.41) is 4.75. The van der Waals surface area contributed by atoms with Gasteiger partial charge in [0, 0.05) is 49.8 Å². The van der Waals surface area contributed by atoms with Crippen LogP contribution < -0.4 is 5.32 Å². The predicted molar refractivity (Wildman–Crippen MR) is 160 cm³/mol. The van der Waals surface area contributed by atoms with E-state index in [0.29, 0.717) is 18.8 Å². The average molecular weight is 581 g/mol. The molecule has 0 spiro atoms. The Morgan fingerprint density at radius 3 is 2.70 bits per heavy atom. The minimum absolute atomic E-state index is 0.260. The number of hydrogen-bond donors (Lipinski definition) is 1. The second-order valence-electron chi connectivity index (χ2n) is 10.0. The molecule has 4 heterocycles. The van der Waals surface area contributed by atoms with Gasteiger partial charge in [0.25, 0.3) is 10.0 Å². The summed E-state index contributed by atoms with van der Waals surface area (Å²) in [5.41, 5.74) is 3.21. The molecule has 40 heavy (non-hydrogen) atoms. The zero-order valence-electron chi connectivity index (χ0n) is 23.0. The second kappa shape index (κ2) is 12.6. The number of benzene rings is 1. The van der Waals surface area contributed by atoms with Crippen molar-refractivity contribution in [2.45, 2.75) is 56.3 Å². The molecule has 1 fully saturated rings. The lowest BCUT2D eigenvalue weighted by Gasteiger charge is -2.39. The Morgan fingerprint density at radius 2 is 1.98 bits per heavy atom. The number of anilines is 1. The molecule has 4 aromatic rings. The third-order valence-electron chi connectivity index (χ3n) is 7.36. The summed E-state index contributed by atoms with van der Waals surface area (Å²) in [6.45, 7) is 7.08. The molecule has 0 bridgehead atoms. The first kappa shape index (κ1) is 28.4. The number of nitrogens with zero attached hydrogens (tertiary/aromatic N) is 5. The summed E-state index contributed by atoms with van der Waals surface area (Å²) >= 11 is 1.18. The summed E-state index contributed by atoms with van der Waals surface area (Å²) in [4.78, 5) is 25.0.